The summed E-state index contributed by atoms with van der Waals surface area (Å²) in [5, 5.41) is 2.66. The number of amides is 1. The predicted octanol–water partition coefficient (Wildman–Crippen LogP) is 3.64. The molecule has 0 aliphatic rings. The maximum absolute atomic E-state index is 14.3. The number of H-pyrrole nitrogens is 1. The van der Waals surface area contributed by atoms with Gasteiger partial charge in [-0.3, -0.25) is 9.59 Å². The topological polar surface area (TPSA) is 71.2 Å². The van der Waals surface area contributed by atoms with E-state index < -0.39 is 11.7 Å². The van der Waals surface area contributed by atoms with Crippen LogP contribution in [-0.4, -0.2) is 10.9 Å². The summed E-state index contributed by atoms with van der Waals surface area (Å²) in [7, 11) is 0. The number of aryl methyl sites for hydroxylation is 2. The number of aromatic nitrogens is 1. The Balaban J connectivity index is 1.64. The van der Waals surface area contributed by atoms with Gasteiger partial charge in [0.1, 0.15) is 18.2 Å². The van der Waals surface area contributed by atoms with Crippen LogP contribution in [0.4, 0.5) is 4.39 Å². The molecular weight excluding hydrogens is 359 g/mol. The van der Waals surface area contributed by atoms with Crippen LogP contribution in [0.2, 0.25) is 0 Å². The standard InChI is InChI=1S/C22H21FN2O3/c1-14-10-15(2)25-22(27)19(14)12-24-21(26)16-8-9-17(20(23)11-16)13-28-18-6-4-3-5-7-18/h3-11H,12-13H2,1-2H3,(H,24,26)(H,25,27). The Morgan fingerprint density at radius 2 is 1.86 bits per heavy atom. The van der Waals surface area contributed by atoms with Crippen LogP contribution in [0.25, 0.3) is 0 Å². The average Bonchev–Trinajstić information content (AvgIpc) is 2.66. The van der Waals surface area contributed by atoms with Crippen molar-refractivity contribution in [1.29, 1.82) is 0 Å². The Morgan fingerprint density at radius 1 is 1.11 bits per heavy atom. The van der Waals surface area contributed by atoms with E-state index >= 15 is 0 Å². The summed E-state index contributed by atoms with van der Waals surface area (Å²) in [5.41, 5.74) is 2.33. The number of carbonyl (C=O) groups excluding carboxylic acids is 1. The number of halogens is 1. The fourth-order valence-electron chi connectivity index (χ4n) is 2.86. The molecule has 6 heteroatoms. The van der Waals surface area contributed by atoms with Gasteiger partial charge in [-0.25, -0.2) is 4.39 Å². The smallest absolute Gasteiger partial charge is 0.253 e. The fourth-order valence-corrected chi connectivity index (χ4v) is 2.86. The normalized spacial score (nSPS) is 10.5. The van der Waals surface area contributed by atoms with Crippen molar-refractivity contribution in [2.75, 3.05) is 0 Å². The highest BCUT2D eigenvalue weighted by molar-refractivity contribution is 5.94. The molecule has 5 nitrogen and oxygen atoms in total. The molecule has 2 aromatic carbocycles. The van der Waals surface area contributed by atoms with Gasteiger partial charge in [0.2, 0.25) is 0 Å². The van der Waals surface area contributed by atoms with Crippen LogP contribution in [0.1, 0.15) is 32.7 Å². The van der Waals surface area contributed by atoms with E-state index in [1.807, 2.05) is 31.2 Å². The third kappa shape index (κ3) is 4.65. The molecule has 0 bridgehead atoms. The number of carbonyl (C=O) groups is 1. The molecule has 0 aliphatic heterocycles. The van der Waals surface area contributed by atoms with Gasteiger partial charge in [0.05, 0.1) is 0 Å². The van der Waals surface area contributed by atoms with Crippen molar-refractivity contribution < 1.29 is 13.9 Å². The van der Waals surface area contributed by atoms with Crippen LogP contribution in [0.5, 0.6) is 5.75 Å². The Bertz CT molecular complexity index is 1050. The monoisotopic (exact) mass is 380 g/mol. The highest BCUT2D eigenvalue weighted by Gasteiger charge is 2.12. The van der Waals surface area contributed by atoms with Gasteiger partial charge in [-0.15, -0.1) is 0 Å². The molecular formula is C22H21FN2O3. The Kier molecular flexibility index (Phi) is 5.89. The molecule has 3 rings (SSSR count). The van der Waals surface area contributed by atoms with E-state index in [-0.39, 0.29) is 24.3 Å². The lowest BCUT2D eigenvalue weighted by Gasteiger charge is -2.10. The zero-order valence-corrected chi connectivity index (χ0v) is 15.7. The second kappa shape index (κ2) is 8.52. The zero-order valence-electron chi connectivity index (χ0n) is 15.7. The minimum absolute atomic E-state index is 0.0652. The lowest BCUT2D eigenvalue weighted by molar-refractivity contribution is 0.0950. The first-order valence-electron chi connectivity index (χ1n) is 8.88. The number of benzene rings is 2. The number of hydrogen-bond acceptors (Lipinski definition) is 3. The van der Waals surface area contributed by atoms with Crippen molar-refractivity contribution in [3.8, 4) is 5.75 Å². The Morgan fingerprint density at radius 3 is 2.54 bits per heavy atom. The van der Waals surface area contributed by atoms with Crippen LogP contribution in [0.3, 0.4) is 0 Å². The van der Waals surface area contributed by atoms with Crippen molar-refractivity contribution >= 4 is 5.91 Å². The number of ether oxygens (including phenoxy) is 1. The molecule has 0 unspecified atom stereocenters. The molecule has 0 saturated heterocycles. The summed E-state index contributed by atoms with van der Waals surface area (Å²) in [6.07, 6.45) is 0. The second-order valence-electron chi connectivity index (χ2n) is 6.53. The number of para-hydroxylation sites is 1. The molecule has 0 fully saturated rings. The van der Waals surface area contributed by atoms with Crippen molar-refractivity contribution in [2.45, 2.75) is 27.0 Å². The lowest BCUT2D eigenvalue weighted by atomic mass is 10.1. The van der Waals surface area contributed by atoms with E-state index in [2.05, 4.69) is 10.3 Å². The minimum Gasteiger partial charge on any atom is -0.489 e. The van der Waals surface area contributed by atoms with E-state index in [1.165, 1.54) is 18.2 Å². The molecule has 2 N–H and O–H groups in total. The van der Waals surface area contributed by atoms with E-state index in [4.69, 9.17) is 4.74 Å². The highest BCUT2D eigenvalue weighted by Crippen LogP contribution is 2.15. The SMILES string of the molecule is Cc1cc(C)c(CNC(=O)c2ccc(COc3ccccc3)c(F)c2)c(=O)[nH]1. The largest absolute Gasteiger partial charge is 0.489 e. The van der Waals surface area contributed by atoms with Gasteiger partial charge < -0.3 is 15.0 Å². The molecule has 144 valence electrons. The van der Waals surface area contributed by atoms with Gasteiger partial charge in [0, 0.05) is 28.9 Å². The summed E-state index contributed by atoms with van der Waals surface area (Å²) < 4.78 is 19.9. The fraction of sp³-hybridized carbons (Fsp3) is 0.182. The van der Waals surface area contributed by atoms with Gasteiger partial charge in [-0.1, -0.05) is 24.3 Å². The van der Waals surface area contributed by atoms with Gasteiger partial charge in [-0.05, 0) is 49.7 Å². The number of aromatic amines is 1. The van der Waals surface area contributed by atoms with Crippen molar-refractivity contribution in [2.24, 2.45) is 0 Å². The van der Waals surface area contributed by atoms with E-state index in [1.54, 1.807) is 19.1 Å². The first kappa shape index (κ1) is 19.4. The van der Waals surface area contributed by atoms with Crippen molar-refractivity contribution in [3.05, 3.63) is 98.7 Å². The number of rotatable bonds is 6. The summed E-state index contributed by atoms with van der Waals surface area (Å²) in [4.78, 5) is 27.1. The molecule has 1 aromatic heterocycles. The van der Waals surface area contributed by atoms with E-state index in [9.17, 15) is 14.0 Å². The summed E-state index contributed by atoms with van der Waals surface area (Å²) in [5.74, 6) is -0.329. The van der Waals surface area contributed by atoms with Crippen LogP contribution in [0, 0.1) is 19.7 Å². The Labute approximate surface area is 162 Å². The number of hydrogen-bond donors (Lipinski definition) is 2. The zero-order chi connectivity index (χ0) is 20.1. The summed E-state index contributed by atoms with van der Waals surface area (Å²) in [6, 6.07) is 15.2. The molecule has 1 heterocycles. The van der Waals surface area contributed by atoms with Crippen molar-refractivity contribution in [1.82, 2.24) is 10.3 Å². The second-order valence-corrected chi connectivity index (χ2v) is 6.53. The van der Waals surface area contributed by atoms with Gasteiger partial charge in [0.25, 0.3) is 11.5 Å². The quantitative estimate of drug-likeness (QED) is 0.686. The van der Waals surface area contributed by atoms with Crippen LogP contribution >= 0.6 is 0 Å². The van der Waals surface area contributed by atoms with Gasteiger partial charge in [0.15, 0.2) is 0 Å². The minimum atomic E-state index is -0.520. The molecule has 28 heavy (non-hydrogen) atoms. The maximum atomic E-state index is 14.3. The summed E-state index contributed by atoms with van der Waals surface area (Å²) in [6.45, 7) is 3.74. The van der Waals surface area contributed by atoms with E-state index in [0.717, 1.165) is 11.3 Å². The molecule has 0 saturated carbocycles. The van der Waals surface area contributed by atoms with Gasteiger partial charge in [-0.2, -0.15) is 0 Å². The first-order valence-corrected chi connectivity index (χ1v) is 8.88. The third-order valence-corrected chi connectivity index (χ3v) is 4.37. The highest BCUT2D eigenvalue weighted by atomic mass is 19.1. The van der Waals surface area contributed by atoms with Crippen molar-refractivity contribution in [3.63, 3.8) is 0 Å². The molecule has 0 aliphatic carbocycles. The van der Waals surface area contributed by atoms with Crippen LogP contribution in [-0.2, 0) is 13.2 Å². The number of pyridine rings is 1. The molecule has 0 spiro atoms. The van der Waals surface area contributed by atoms with Gasteiger partial charge >= 0.3 is 0 Å². The van der Waals surface area contributed by atoms with Crippen LogP contribution < -0.4 is 15.6 Å². The third-order valence-electron chi connectivity index (χ3n) is 4.37. The molecule has 3 aromatic rings. The average molecular weight is 380 g/mol. The first-order chi connectivity index (χ1) is 13.4. The number of nitrogens with one attached hydrogen (secondary N) is 2. The Hall–Kier alpha value is -3.41. The molecule has 0 radical (unpaired) electrons. The van der Waals surface area contributed by atoms with Crippen LogP contribution in [0.15, 0.2) is 59.4 Å². The molecule has 0 atom stereocenters. The lowest BCUT2D eigenvalue weighted by Crippen LogP contribution is -2.28. The predicted molar refractivity (Wildman–Crippen MR) is 105 cm³/mol. The summed E-state index contributed by atoms with van der Waals surface area (Å²) >= 11 is 0. The van der Waals surface area contributed by atoms with E-state index in [0.29, 0.717) is 16.9 Å². The molecule has 1 amide bonds. The maximum Gasteiger partial charge on any atom is 0.253 e.